The molecule has 0 amide bonds. The number of unbranched alkanes of at least 4 members (excludes halogenated alkanes) is 23. The molecule has 1 unspecified atom stereocenters. The molecule has 0 aromatic heterocycles. The van der Waals surface area contributed by atoms with Gasteiger partial charge in [-0.2, -0.15) is 0 Å². The van der Waals surface area contributed by atoms with Crippen LogP contribution >= 0.6 is 0 Å². The van der Waals surface area contributed by atoms with E-state index in [0.717, 1.165) is 116 Å². The Bertz CT molecular complexity index is 1180. The average Bonchev–Trinajstić information content (AvgIpc) is 3.27. The van der Waals surface area contributed by atoms with E-state index >= 15 is 0 Å². The van der Waals surface area contributed by atoms with Crippen molar-refractivity contribution in [3.05, 3.63) is 72.9 Å². The van der Waals surface area contributed by atoms with Gasteiger partial charge in [0.15, 0.2) is 6.10 Å². The first kappa shape index (κ1) is 58.9. The number of rotatable bonds is 46. The molecule has 6 nitrogen and oxygen atoms in total. The molecule has 0 rings (SSSR count). The Morgan fingerprint density at radius 1 is 0.339 bits per heavy atom. The van der Waals surface area contributed by atoms with E-state index in [1.54, 1.807) is 0 Å². The first-order chi connectivity index (χ1) is 30.5. The SMILES string of the molecule is CC/C=C\C/C=C\C/C=C\C/C=C\CCCCCCC(=O)OCC(COC(=O)CCCCCCC/C=C\CCCCCC)OC(=O)CCCCCCC/C=C\CCCCCCC. The molecular formula is C56H96O6. The minimum Gasteiger partial charge on any atom is -0.462 e. The number of hydrogen-bond donors (Lipinski definition) is 0. The number of esters is 3. The quantitative estimate of drug-likeness (QED) is 0.0262. The zero-order chi connectivity index (χ0) is 45.1. The molecule has 0 heterocycles. The van der Waals surface area contributed by atoms with Gasteiger partial charge in [-0.15, -0.1) is 0 Å². The van der Waals surface area contributed by atoms with Gasteiger partial charge in [0.2, 0.25) is 0 Å². The maximum atomic E-state index is 12.8. The Labute approximate surface area is 382 Å². The number of carbonyl (C=O) groups excluding carboxylic acids is 3. The third kappa shape index (κ3) is 47.9. The summed E-state index contributed by atoms with van der Waals surface area (Å²) in [5.74, 6) is -0.931. The molecule has 0 aliphatic rings. The Balaban J connectivity index is 4.45. The minimum atomic E-state index is -0.792. The molecule has 0 aliphatic carbocycles. The molecule has 6 heteroatoms. The summed E-state index contributed by atoms with van der Waals surface area (Å²) in [6.45, 7) is 6.46. The summed E-state index contributed by atoms with van der Waals surface area (Å²) in [4.78, 5) is 38.0. The lowest BCUT2D eigenvalue weighted by Gasteiger charge is -2.18. The van der Waals surface area contributed by atoms with Gasteiger partial charge in [-0.3, -0.25) is 14.4 Å². The fourth-order valence-corrected chi connectivity index (χ4v) is 7.01. The molecule has 0 spiro atoms. The van der Waals surface area contributed by atoms with Crippen molar-refractivity contribution in [1.82, 2.24) is 0 Å². The van der Waals surface area contributed by atoms with E-state index in [2.05, 4.69) is 93.7 Å². The maximum absolute atomic E-state index is 12.8. The fourth-order valence-electron chi connectivity index (χ4n) is 7.01. The highest BCUT2D eigenvalue weighted by Crippen LogP contribution is 2.13. The highest BCUT2D eigenvalue weighted by atomic mass is 16.6. The van der Waals surface area contributed by atoms with E-state index in [4.69, 9.17) is 14.2 Å². The van der Waals surface area contributed by atoms with Crippen molar-refractivity contribution in [2.24, 2.45) is 0 Å². The van der Waals surface area contributed by atoms with Crippen molar-refractivity contribution >= 4 is 17.9 Å². The topological polar surface area (TPSA) is 78.9 Å². The smallest absolute Gasteiger partial charge is 0.306 e. The Morgan fingerprint density at radius 2 is 0.629 bits per heavy atom. The molecule has 0 N–H and O–H groups in total. The van der Waals surface area contributed by atoms with Gasteiger partial charge in [-0.25, -0.2) is 0 Å². The first-order valence-corrected chi connectivity index (χ1v) is 25.9. The zero-order valence-corrected chi connectivity index (χ0v) is 40.6. The van der Waals surface area contributed by atoms with Crippen molar-refractivity contribution in [3.8, 4) is 0 Å². The van der Waals surface area contributed by atoms with Crippen LogP contribution in [0.15, 0.2) is 72.9 Å². The van der Waals surface area contributed by atoms with Crippen LogP contribution in [0.3, 0.4) is 0 Å². The molecule has 1 atom stereocenters. The summed E-state index contributed by atoms with van der Waals surface area (Å²) in [6.07, 6.45) is 63.1. The summed E-state index contributed by atoms with van der Waals surface area (Å²) in [7, 11) is 0. The fraction of sp³-hybridized carbons (Fsp3) is 0.732. The lowest BCUT2D eigenvalue weighted by Crippen LogP contribution is -2.30. The van der Waals surface area contributed by atoms with Crippen LogP contribution in [0.1, 0.15) is 245 Å². The van der Waals surface area contributed by atoms with Gasteiger partial charge in [0.25, 0.3) is 0 Å². The van der Waals surface area contributed by atoms with E-state index < -0.39 is 6.10 Å². The molecule has 0 aromatic carbocycles. The third-order valence-corrected chi connectivity index (χ3v) is 10.9. The maximum Gasteiger partial charge on any atom is 0.306 e. The summed E-state index contributed by atoms with van der Waals surface area (Å²) >= 11 is 0. The lowest BCUT2D eigenvalue weighted by atomic mass is 10.1. The summed E-state index contributed by atoms with van der Waals surface area (Å²) < 4.78 is 16.8. The normalized spacial score (nSPS) is 12.6. The Kier molecular flexibility index (Phi) is 47.9. The van der Waals surface area contributed by atoms with Crippen LogP contribution in [-0.4, -0.2) is 37.2 Å². The van der Waals surface area contributed by atoms with E-state index in [-0.39, 0.29) is 31.1 Å². The first-order valence-electron chi connectivity index (χ1n) is 25.9. The van der Waals surface area contributed by atoms with Crippen LogP contribution in [0, 0.1) is 0 Å². The molecular weight excluding hydrogens is 769 g/mol. The molecule has 0 bridgehead atoms. The zero-order valence-electron chi connectivity index (χ0n) is 40.6. The van der Waals surface area contributed by atoms with Crippen LogP contribution in [0.25, 0.3) is 0 Å². The van der Waals surface area contributed by atoms with Gasteiger partial charge in [-0.1, -0.05) is 190 Å². The number of hydrogen-bond acceptors (Lipinski definition) is 6. The van der Waals surface area contributed by atoms with E-state index in [1.807, 2.05) is 0 Å². The summed E-state index contributed by atoms with van der Waals surface area (Å²) in [5, 5.41) is 0. The molecule has 0 fully saturated rings. The number of ether oxygens (including phenoxy) is 3. The highest BCUT2D eigenvalue weighted by molar-refractivity contribution is 5.71. The Hall–Kier alpha value is -3.15. The predicted octanol–water partition coefficient (Wildman–Crippen LogP) is 17.0. The second-order valence-electron chi connectivity index (χ2n) is 17.0. The molecule has 0 radical (unpaired) electrons. The minimum absolute atomic E-state index is 0.0911. The average molecular weight is 865 g/mol. The van der Waals surface area contributed by atoms with Crippen molar-refractivity contribution in [1.29, 1.82) is 0 Å². The standard InChI is InChI=1S/C56H96O6/c1-4-7-10-13-16-19-22-25-27-28-29-32-34-37-40-43-46-49-55(58)61-52-53(51-60-54(57)48-45-42-39-36-33-30-24-21-18-15-12-9-6-3)62-56(59)50-47-44-41-38-35-31-26-23-20-17-14-11-8-5-2/h7,10,16,19,21,23-27,29,32,53H,4-6,8-9,11-15,17-18,20,22,28,30-31,33-52H2,1-3H3/b10-7-,19-16-,24-21-,26-23-,27-25-,32-29-. The monoisotopic (exact) mass is 865 g/mol. The van der Waals surface area contributed by atoms with Gasteiger partial charge in [0, 0.05) is 19.3 Å². The molecule has 0 aromatic rings. The Morgan fingerprint density at radius 3 is 1.02 bits per heavy atom. The largest absolute Gasteiger partial charge is 0.462 e. The van der Waals surface area contributed by atoms with Crippen LogP contribution in [0.2, 0.25) is 0 Å². The van der Waals surface area contributed by atoms with E-state index in [1.165, 1.54) is 89.9 Å². The van der Waals surface area contributed by atoms with Crippen LogP contribution in [-0.2, 0) is 28.6 Å². The molecule has 0 saturated carbocycles. The van der Waals surface area contributed by atoms with Crippen LogP contribution in [0.4, 0.5) is 0 Å². The third-order valence-electron chi connectivity index (χ3n) is 10.9. The molecule has 356 valence electrons. The second-order valence-corrected chi connectivity index (χ2v) is 17.0. The van der Waals surface area contributed by atoms with Gasteiger partial charge in [0.1, 0.15) is 13.2 Å². The number of carbonyl (C=O) groups is 3. The number of allylic oxidation sites excluding steroid dienone is 12. The summed E-state index contributed by atoms with van der Waals surface area (Å²) in [5.41, 5.74) is 0. The van der Waals surface area contributed by atoms with Crippen molar-refractivity contribution < 1.29 is 28.6 Å². The van der Waals surface area contributed by atoms with Gasteiger partial charge < -0.3 is 14.2 Å². The van der Waals surface area contributed by atoms with Crippen molar-refractivity contribution in [2.45, 2.75) is 252 Å². The van der Waals surface area contributed by atoms with Crippen molar-refractivity contribution in [2.75, 3.05) is 13.2 Å². The van der Waals surface area contributed by atoms with E-state index in [0.29, 0.717) is 19.3 Å². The predicted molar refractivity (Wildman–Crippen MR) is 265 cm³/mol. The van der Waals surface area contributed by atoms with Crippen molar-refractivity contribution in [3.63, 3.8) is 0 Å². The van der Waals surface area contributed by atoms with Gasteiger partial charge in [-0.05, 0) is 109 Å². The second kappa shape index (κ2) is 50.5. The molecule has 0 saturated heterocycles. The van der Waals surface area contributed by atoms with Gasteiger partial charge >= 0.3 is 17.9 Å². The summed E-state index contributed by atoms with van der Waals surface area (Å²) in [6, 6.07) is 0. The molecule has 62 heavy (non-hydrogen) atoms. The lowest BCUT2D eigenvalue weighted by molar-refractivity contribution is -0.167. The van der Waals surface area contributed by atoms with Crippen LogP contribution in [0.5, 0.6) is 0 Å². The van der Waals surface area contributed by atoms with Gasteiger partial charge in [0.05, 0.1) is 0 Å². The van der Waals surface area contributed by atoms with Crippen LogP contribution < -0.4 is 0 Å². The highest BCUT2D eigenvalue weighted by Gasteiger charge is 2.19. The molecule has 0 aliphatic heterocycles. The van der Waals surface area contributed by atoms with E-state index in [9.17, 15) is 14.4 Å².